The zero-order valence-electron chi connectivity index (χ0n) is 13.6. The van der Waals surface area contributed by atoms with Gasteiger partial charge in [0, 0.05) is 5.39 Å². The number of nitrogens with one attached hydrogen (secondary N) is 2. The molecule has 1 aromatic carbocycles. The first-order valence-corrected chi connectivity index (χ1v) is 7.72. The summed E-state index contributed by atoms with van der Waals surface area (Å²) in [5.41, 5.74) is -0.490. The molecule has 0 spiro atoms. The van der Waals surface area contributed by atoms with Crippen molar-refractivity contribution in [3.63, 3.8) is 0 Å². The van der Waals surface area contributed by atoms with Crippen molar-refractivity contribution < 1.29 is 18.7 Å². The maximum absolute atomic E-state index is 11.9. The van der Waals surface area contributed by atoms with Gasteiger partial charge in [-0.05, 0) is 38.1 Å². The molecule has 0 saturated carbocycles. The van der Waals surface area contributed by atoms with E-state index in [0.717, 1.165) is 11.0 Å². The van der Waals surface area contributed by atoms with E-state index < -0.39 is 5.60 Å². The number of carbonyl (C=O) groups is 1. The third-order valence-corrected chi connectivity index (χ3v) is 3.76. The smallest absolute Gasteiger partial charge is 0.315 e. The van der Waals surface area contributed by atoms with Crippen LogP contribution < -0.4 is 10.6 Å². The van der Waals surface area contributed by atoms with Crippen molar-refractivity contribution >= 4 is 17.0 Å². The number of fused-ring (bicyclic) bond motifs is 1. The number of furan rings is 2. The first kappa shape index (κ1) is 16.1. The lowest BCUT2D eigenvalue weighted by molar-refractivity contribution is 0.0359. The Labute approximate surface area is 139 Å². The van der Waals surface area contributed by atoms with E-state index in [0.29, 0.717) is 17.3 Å². The molecule has 126 valence electrons. The van der Waals surface area contributed by atoms with Gasteiger partial charge in [0.05, 0.1) is 13.1 Å². The Morgan fingerprint density at radius 1 is 1.17 bits per heavy atom. The van der Waals surface area contributed by atoms with Crippen molar-refractivity contribution in [2.24, 2.45) is 0 Å². The average Bonchev–Trinajstić information content (AvgIpc) is 3.17. The highest BCUT2D eigenvalue weighted by molar-refractivity contribution is 5.78. The van der Waals surface area contributed by atoms with Crippen LogP contribution in [0.2, 0.25) is 0 Å². The quantitative estimate of drug-likeness (QED) is 0.672. The molecule has 6 heteroatoms. The molecule has 0 radical (unpaired) electrons. The predicted molar refractivity (Wildman–Crippen MR) is 89.5 cm³/mol. The lowest BCUT2D eigenvalue weighted by atomic mass is 10.0. The molecule has 0 aliphatic heterocycles. The summed E-state index contributed by atoms with van der Waals surface area (Å²) < 4.78 is 11.0. The molecule has 6 nitrogen and oxygen atoms in total. The first-order chi connectivity index (χ1) is 11.4. The average molecular weight is 328 g/mol. The van der Waals surface area contributed by atoms with Gasteiger partial charge in [-0.15, -0.1) is 0 Å². The molecule has 2 aromatic heterocycles. The Balaban J connectivity index is 1.52. The molecule has 1 unspecified atom stereocenters. The highest BCUT2D eigenvalue weighted by atomic mass is 16.4. The number of aryl methyl sites for hydroxylation is 1. The summed E-state index contributed by atoms with van der Waals surface area (Å²) in [6, 6.07) is 12.6. The van der Waals surface area contributed by atoms with Crippen LogP contribution in [-0.2, 0) is 12.1 Å². The van der Waals surface area contributed by atoms with Gasteiger partial charge in [-0.1, -0.05) is 18.2 Å². The van der Waals surface area contributed by atoms with Gasteiger partial charge in [0.2, 0.25) is 0 Å². The van der Waals surface area contributed by atoms with E-state index in [1.54, 1.807) is 26.0 Å². The van der Waals surface area contributed by atoms with Crippen LogP contribution in [0.3, 0.4) is 0 Å². The third kappa shape index (κ3) is 3.60. The predicted octanol–water partition coefficient (Wildman–Crippen LogP) is 3.04. The van der Waals surface area contributed by atoms with E-state index in [4.69, 9.17) is 8.83 Å². The zero-order chi connectivity index (χ0) is 17.2. The van der Waals surface area contributed by atoms with E-state index in [2.05, 4.69) is 10.6 Å². The fourth-order valence-corrected chi connectivity index (χ4v) is 2.42. The van der Waals surface area contributed by atoms with Gasteiger partial charge in [-0.3, -0.25) is 0 Å². The van der Waals surface area contributed by atoms with Crippen molar-refractivity contribution in [2.45, 2.75) is 26.0 Å². The number of hydrogen-bond donors (Lipinski definition) is 3. The Kier molecular flexibility index (Phi) is 4.31. The summed E-state index contributed by atoms with van der Waals surface area (Å²) >= 11 is 0. The minimum atomic E-state index is -1.27. The maximum atomic E-state index is 11.9. The largest absolute Gasteiger partial charge is 0.463 e. The molecule has 0 fully saturated rings. The van der Waals surface area contributed by atoms with Crippen molar-refractivity contribution in [1.29, 1.82) is 0 Å². The molecule has 3 aromatic rings. The fourth-order valence-electron chi connectivity index (χ4n) is 2.42. The van der Waals surface area contributed by atoms with E-state index >= 15 is 0 Å². The molecular formula is C18H20N2O4. The lowest BCUT2D eigenvalue weighted by Gasteiger charge is -2.21. The van der Waals surface area contributed by atoms with Gasteiger partial charge in [0.25, 0.3) is 0 Å². The van der Waals surface area contributed by atoms with Crippen molar-refractivity contribution in [2.75, 3.05) is 6.54 Å². The number of benzene rings is 1. The summed E-state index contributed by atoms with van der Waals surface area (Å²) in [5, 5.41) is 16.7. The minimum absolute atomic E-state index is 0.0336. The second kappa shape index (κ2) is 6.41. The maximum Gasteiger partial charge on any atom is 0.315 e. The fraction of sp³-hybridized carbons (Fsp3) is 0.278. The molecule has 0 aliphatic rings. The van der Waals surface area contributed by atoms with Crippen LogP contribution in [0.25, 0.3) is 11.0 Å². The van der Waals surface area contributed by atoms with Crippen LogP contribution in [0.4, 0.5) is 4.79 Å². The molecule has 3 N–H and O–H groups in total. The molecule has 0 aliphatic carbocycles. The molecule has 2 amide bonds. The number of aliphatic hydroxyl groups is 1. The molecule has 2 heterocycles. The Morgan fingerprint density at radius 3 is 2.67 bits per heavy atom. The molecule has 0 bridgehead atoms. The summed E-state index contributed by atoms with van der Waals surface area (Å²) in [7, 11) is 0. The summed E-state index contributed by atoms with van der Waals surface area (Å²) in [6.07, 6.45) is 0. The first-order valence-electron chi connectivity index (χ1n) is 7.72. The Morgan fingerprint density at radius 2 is 1.96 bits per heavy atom. The van der Waals surface area contributed by atoms with Crippen LogP contribution in [0.15, 0.2) is 51.3 Å². The molecule has 3 rings (SSSR count). The second-order valence-electron chi connectivity index (χ2n) is 5.97. The summed E-state index contributed by atoms with van der Waals surface area (Å²) in [4.78, 5) is 11.9. The summed E-state index contributed by atoms with van der Waals surface area (Å²) in [5.74, 6) is 1.79. The van der Waals surface area contributed by atoms with Gasteiger partial charge in [0.1, 0.15) is 28.5 Å². The molecule has 1 atom stereocenters. The van der Waals surface area contributed by atoms with Crippen LogP contribution in [0.5, 0.6) is 0 Å². The van der Waals surface area contributed by atoms with E-state index in [-0.39, 0.29) is 19.1 Å². The lowest BCUT2D eigenvalue weighted by Crippen LogP contribution is -2.43. The summed E-state index contributed by atoms with van der Waals surface area (Å²) in [6.45, 7) is 3.69. The van der Waals surface area contributed by atoms with Crippen molar-refractivity contribution in [1.82, 2.24) is 10.6 Å². The molecular weight excluding hydrogens is 308 g/mol. The van der Waals surface area contributed by atoms with Gasteiger partial charge < -0.3 is 24.6 Å². The highest BCUT2D eigenvalue weighted by Gasteiger charge is 2.27. The monoisotopic (exact) mass is 328 g/mol. The van der Waals surface area contributed by atoms with E-state index in [1.165, 1.54) is 0 Å². The Hall–Kier alpha value is -2.73. The van der Waals surface area contributed by atoms with Crippen molar-refractivity contribution in [3.8, 4) is 0 Å². The molecule has 24 heavy (non-hydrogen) atoms. The normalized spacial score (nSPS) is 13.6. The topological polar surface area (TPSA) is 87.6 Å². The zero-order valence-corrected chi connectivity index (χ0v) is 13.6. The standard InChI is InChI=1S/C18H20N2O4/c1-12-7-8-16(23-12)18(2,22)11-20-17(21)19-10-14-9-13-5-3-4-6-15(13)24-14/h3-9,22H,10-11H2,1-2H3,(H2,19,20,21). The van der Waals surface area contributed by atoms with E-state index in [9.17, 15) is 9.90 Å². The van der Waals surface area contributed by atoms with Crippen LogP contribution >= 0.6 is 0 Å². The van der Waals surface area contributed by atoms with Crippen LogP contribution in [0, 0.1) is 6.92 Å². The SMILES string of the molecule is Cc1ccc(C(C)(O)CNC(=O)NCc2cc3ccccc3o2)o1. The van der Waals surface area contributed by atoms with Crippen molar-refractivity contribution in [3.05, 3.63) is 59.7 Å². The van der Waals surface area contributed by atoms with Gasteiger partial charge >= 0.3 is 6.03 Å². The van der Waals surface area contributed by atoms with E-state index in [1.807, 2.05) is 30.3 Å². The number of para-hydroxylation sites is 1. The highest BCUT2D eigenvalue weighted by Crippen LogP contribution is 2.22. The van der Waals surface area contributed by atoms with Gasteiger partial charge in [-0.2, -0.15) is 0 Å². The van der Waals surface area contributed by atoms with Gasteiger partial charge in [-0.25, -0.2) is 4.79 Å². The second-order valence-corrected chi connectivity index (χ2v) is 5.97. The number of amides is 2. The number of hydrogen-bond acceptors (Lipinski definition) is 4. The van der Waals surface area contributed by atoms with Gasteiger partial charge in [0.15, 0.2) is 0 Å². The number of carbonyl (C=O) groups excluding carboxylic acids is 1. The van der Waals surface area contributed by atoms with Crippen LogP contribution in [-0.4, -0.2) is 17.7 Å². The number of urea groups is 1. The van der Waals surface area contributed by atoms with Crippen LogP contribution in [0.1, 0.15) is 24.2 Å². The number of rotatable bonds is 5. The Bertz CT molecular complexity index is 814. The third-order valence-electron chi connectivity index (χ3n) is 3.76. The molecule has 0 saturated heterocycles. The minimum Gasteiger partial charge on any atom is -0.463 e.